The van der Waals surface area contributed by atoms with Crippen LogP contribution in [0.25, 0.3) is 0 Å². The average molecular weight is 354 g/mol. The highest BCUT2D eigenvalue weighted by Crippen LogP contribution is 2.13. The van der Waals surface area contributed by atoms with Crippen molar-refractivity contribution in [3.63, 3.8) is 0 Å². The summed E-state index contributed by atoms with van der Waals surface area (Å²) in [6, 6.07) is 11.0. The lowest BCUT2D eigenvalue weighted by molar-refractivity contribution is -0.118. The number of benzene rings is 1. The first-order valence-electron chi connectivity index (χ1n) is 5.32. The van der Waals surface area contributed by atoms with Crippen LogP contribution in [0.4, 0.5) is 5.69 Å². The standard InChI is InChI=1S/C13H11IN2O2/c14-10-3-5-12(6-4-10)18-9-13(17)16-11-2-1-7-15-8-11/h1-8H,9H2,(H,16,17). The van der Waals surface area contributed by atoms with Gasteiger partial charge in [-0.25, -0.2) is 0 Å². The summed E-state index contributed by atoms with van der Waals surface area (Å²) in [7, 11) is 0. The molecule has 0 saturated heterocycles. The Balaban J connectivity index is 1.83. The van der Waals surface area contributed by atoms with E-state index in [1.165, 1.54) is 0 Å². The summed E-state index contributed by atoms with van der Waals surface area (Å²) < 4.78 is 6.48. The van der Waals surface area contributed by atoms with Crippen LogP contribution in [-0.4, -0.2) is 17.5 Å². The zero-order valence-corrected chi connectivity index (χ0v) is 11.6. The Kier molecular flexibility index (Phi) is 4.52. The van der Waals surface area contributed by atoms with Crippen molar-refractivity contribution < 1.29 is 9.53 Å². The van der Waals surface area contributed by atoms with E-state index in [4.69, 9.17) is 4.74 Å². The van der Waals surface area contributed by atoms with Crippen LogP contribution in [0.2, 0.25) is 0 Å². The monoisotopic (exact) mass is 354 g/mol. The minimum atomic E-state index is -0.207. The summed E-state index contributed by atoms with van der Waals surface area (Å²) in [5.41, 5.74) is 0.661. The SMILES string of the molecule is O=C(COc1ccc(I)cc1)Nc1cccnc1. The largest absolute Gasteiger partial charge is 0.484 e. The van der Waals surface area contributed by atoms with Gasteiger partial charge in [0.15, 0.2) is 6.61 Å². The van der Waals surface area contributed by atoms with E-state index in [1.807, 2.05) is 24.3 Å². The van der Waals surface area contributed by atoms with E-state index in [0.717, 1.165) is 3.57 Å². The van der Waals surface area contributed by atoms with Gasteiger partial charge >= 0.3 is 0 Å². The Labute approximate surface area is 119 Å². The molecule has 0 radical (unpaired) electrons. The van der Waals surface area contributed by atoms with Gasteiger partial charge in [-0.1, -0.05) is 0 Å². The number of carbonyl (C=O) groups is 1. The van der Waals surface area contributed by atoms with Crippen LogP contribution in [0.5, 0.6) is 5.75 Å². The first-order chi connectivity index (χ1) is 8.74. The van der Waals surface area contributed by atoms with E-state index in [2.05, 4.69) is 32.9 Å². The highest BCUT2D eigenvalue weighted by molar-refractivity contribution is 14.1. The van der Waals surface area contributed by atoms with Crippen molar-refractivity contribution in [1.82, 2.24) is 4.98 Å². The molecule has 1 aromatic heterocycles. The lowest BCUT2D eigenvalue weighted by atomic mass is 10.3. The third-order valence-electron chi connectivity index (χ3n) is 2.13. The summed E-state index contributed by atoms with van der Waals surface area (Å²) in [4.78, 5) is 15.5. The fourth-order valence-electron chi connectivity index (χ4n) is 1.31. The number of hydrogen-bond donors (Lipinski definition) is 1. The maximum atomic E-state index is 11.6. The Bertz CT molecular complexity index is 514. The smallest absolute Gasteiger partial charge is 0.262 e. The molecule has 2 aromatic rings. The van der Waals surface area contributed by atoms with E-state index >= 15 is 0 Å². The molecule has 5 heteroatoms. The minimum Gasteiger partial charge on any atom is -0.484 e. The number of hydrogen-bond acceptors (Lipinski definition) is 3. The molecule has 1 heterocycles. The summed E-state index contributed by atoms with van der Waals surface area (Å²) in [5.74, 6) is 0.471. The fraction of sp³-hybridized carbons (Fsp3) is 0.0769. The number of rotatable bonds is 4. The summed E-state index contributed by atoms with van der Waals surface area (Å²) >= 11 is 2.21. The van der Waals surface area contributed by atoms with Gasteiger partial charge in [0, 0.05) is 9.77 Å². The van der Waals surface area contributed by atoms with Gasteiger partial charge in [-0.2, -0.15) is 0 Å². The molecule has 0 spiro atoms. The quantitative estimate of drug-likeness (QED) is 0.859. The summed E-state index contributed by atoms with van der Waals surface area (Å²) in [6.45, 7) is -0.0184. The lowest BCUT2D eigenvalue weighted by Gasteiger charge is -2.07. The molecular formula is C13H11IN2O2. The molecule has 1 aromatic carbocycles. The molecule has 92 valence electrons. The Hall–Kier alpha value is -1.63. The van der Waals surface area contributed by atoms with Gasteiger partial charge in [0.2, 0.25) is 0 Å². The number of amides is 1. The van der Waals surface area contributed by atoms with Gasteiger partial charge in [0.05, 0.1) is 11.9 Å². The Morgan fingerprint density at radius 1 is 1.28 bits per heavy atom. The molecule has 0 aliphatic rings. The predicted octanol–water partition coefficient (Wildman–Crippen LogP) is 2.70. The molecule has 0 atom stereocenters. The molecule has 0 unspecified atom stereocenters. The third kappa shape index (κ3) is 3.99. The molecule has 0 aliphatic carbocycles. The molecular weight excluding hydrogens is 343 g/mol. The van der Waals surface area contributed by atoms with Gasteiger partial charge in [0.25, 0.3) is 5.91 Å². The topological polar surface area (TPSA) is 51.2 Å². The second kappa shape index (κ2) is 6.34. The minimum absolute atomic E-state index is 0.0184. The number of anilines is 1. The van der Waals surface area contributed by atoms with Crippen molar-refractivity contribution in [3.05, 3.63) is 52.4 Å². The molecule has 4 nitrogen and oxygen atoms in total. The van der Waals surface area contributed by atoms with Crippen molar-refractivity contribution in [2.75, 3.05) is 11.9 Å². The van der Waals surface area contributed by atoms with Crippen molar-refractivity contribution >= 4 is 34.2 Å². The summed E-state index contributed by atoms with van der Waals surface area (Å²) in [5, 5.41) is 2.70. The number of nitrogens with one attached hydrogen (secondary N) is 1. The number of ether oxygens (including phenoxy) is 1. The maximum absolute atomic E-state index is 11.6. The normalized spacial score (nSPS) is 9.83. The second-order valence-corrected chi connectivity index (χ2v) is 4.78. The second-order valence-electron chi connectivity index (χ2n) is 3.53. The van der Waals surface area contributed by atoms with Gasteiger partial charge in [-0.15, -0.1) is 0 Å². The van der Waals surface area contributed by atoms with Crippen LogP contribution in [0.1, 0.15) is 0 Å². The van der Waals surface area contributed by atoms with Crippen LogP contribution in [0.3, 0.4) is 0 Å². The van der Waals surface area contributed by atoms with Crippen molar-refractivity contribution in [2.24, 2.45) is 0 Å². The van der Waals surface area contributed by atoms with Gasteiger partial charge in [-0.05, 0) is 59.0 Å². The molecule has 1 amide bonds. The number of aromatic nitrogens is 1. The molecule has 0 saturated carbocycles. The first kappa shape index (κ1) is 12.8. The zero-order valence-electron chi connectivity index (χ0n) is 9.47. The predicted molar refractivity (Wildman–Crippen MR) is 77.5 cm³/mol. The zero-order chi connectivity index (χ0) is 12.8. The van der Waals surface area contributed by atoms with Crippen LogP contribution in [0.15, 0.2) is 48.8 Å². The number of halogens is 1. The van der Waals surface area contributed by atoms with E-state index in [1.54, 1.807) is 24.5 Å². The molecule has 18 heavy (non-hydrogen) atoms. The Morgan fingerprint density at radius 2 is 2.06 bits per heavy atom. The van der Waals surface area contributed by atoms with Crippen LogP contribution in [-0.2, 0) is 4.79 Å². The van der Waals surface area contributed by atoms with Crippen molar-refractivity contribution in [2.45, 2.75) is 0 Å². The van der Waals surface area contributed by atoms with Crippen LogP contribution in [0, 0.1) is 3.57 Å². The molecule has 0 bridgehead atoms. The molecule has 1 N–H and O–H groups in total. The van der Waals surface area contributed by atoms with Crippen LogP contribution >= 0.6 is 22.6 Å². The van der Waals surface area contributed by atoms with Gasteiger partial charge in [-0.3, -0.25) is 9.78 Å². The van der Waals surface area contributed by atoms with E-state index in [0.29, 0.717) is 11.4 Å². The first-order valence-corrected chi connectivity index (χ1v) is 6.40. The highest BCUT2D eigenvalue weighted by atomic mass is 127. The number of carbonyl (C=O) groups excluding carboxylic acids is 1. The summed E-state index contributed by atoms with van der Waals surface area (Å²) in [6.07, 6.45) is 3.24. The highest BCUT2D eigenvalue weighted by Gasteiger charge is 2.03. The molecule has 2 rings (SSSR count). The third-order valence-corrected chi connectivity index (χ3v) is 2.85. The Morgan fingerprint density at radius 3 is 2.72 bits per heavy atom. The van der Waals surface area contributed by atoms with Crippen molar-refractivity contribution in [1.29, 1.82) is 0 Å². The van der Waals surface area contributed by atoms with Gasteiger partial charge < -0.3 is 10.1 Å². The fourth-order valence-corrected chi connectivity index (χ4v) is 1.67. The number of nitrogens with zero attached hydrogens (tertiary/aromatic N) is 1. The average Bonchev–Trinajstić information content (AvgIpc) is 2.39. The lowest BCUT2D eigenvalue weighted by Crippen LogP contribution is -2.20. The van der Waals surface area contributed by atoms with E-state index in [-0.39, 0.29) is 12.5 Å². The van der Waals surface area contributed by atoms with Gasteiger partial charge in [0.1, 0.15) is 5.75 Å². The van der Waals surface area contributed by atoms with E-state index in [9.17, 15) is 4.79 Å². The number of pyridine rings is 1. The van der Waals surface area contributed by atoms with Crippen molar-refractivity contribution in [3.8, 4) is 5.75 Å². The maximum Gasteiger partial charge on any atom is 0.262 e. The van der Waals surface area contributed by atoms with Crippen LogP contribution < -0.4 is 10.1 Å². The van der Waals surface area contributed by atoms with E-state index < -0.39 is 0 Å². The molecule has 0 aliphatic heterocycles. The molecule has 0 fully saturated rings.